The largest absolute Gasteiger partial charge is 0.303 e. The molecule has 0 aromatic carbocycles. The van der Waals surface area contributed by atoms with Gasteiger partial charge in [0.05, 0.1) is 0 Å². The van der Waals surface area contributed by atoms with Crippen molar-refractivity contribution in [3.05, 3.63) is 0 Å². The van der Waals surface area contributed by atoms with Crippen LogP contribution >= 0.6 is 11.9 Å². The zero-order valence-electron chi connectivity index (χ0n) is 30.5. The maximum Gasteiger partial charge on any atom is 0.00925 e. The van der Waals surface area contributed by atoms with Crippen LogP contribution in [0.4, 0.5) is 0 Å². The van der Waals surface area contributed by atoms with Gasteiger partial charge in [0.15, 0.2) is 0 Å². The summed E-state index contributed by atoms with van der Waals surface area (Å²) in [5, 5.41) is 0. The van der Waals surface area contributed by atoms with Crippen LogP contribution in [0.15, 0.2) is 0 Å². The van der Waals surface area contributed by atoms with Gasteiger partial charge in [0.1, 0.15) is 0 Å². The molecule has 1 atom stereocenters. The summed E-state index contributed by atoms with van der Waals surface area (Å²) in [6.45, 7) is 38.8. The smallest absolute Gasteiger partial charge is 0.00925 e. The minimum atomic E-state index is 0.912. The zero-order valence-corrected chi connectivity index (χ0v) is 31.3. The van der Waals surface area contributed by atoms with E-state index in [9.17, 15) is 0 Å². The Hall–Kier alpha value is 0.230. The van der Waals surface area contributed by atoms with Gasteiger partial charge < -0.3 is 9.80 Å². The first-order valence-electron chi connectivity index (χ1n) is 17.3. The fourth-order valence-electron chi connectivity index (χ4n) is 4.17. The first-order valence-corrected chi connectivity index (χ1v) is 18.5. The molecular formula is C34H83N3S. The summed E-state index contributed by atoms with van der Waals surface area (Å²) in [7, 11) is 2.24. The molecule has 38 heavy (non-hydrogen) atoms. The summed E-state index contributed by atoms with van der Waals surface area (Å²) in [4.78, 5) is 5.03. The Balaban J connectivity index is -0.0000000843. The second kappa shape index (κ2) is 50.1. The molecule has 0 aromatic rings. The van der Waals surface area contributed by atoms with Crippen molar-refractivity contribution in [2.75, 3.05) is 52.6 Å². The molecule has 4 heteroatoms. The van der Waals surface area contributed by atoms with Gasteiger partial charge in [-0.05, 0) is 96.8 Å². The van der Waals surface area contributed by atoms with E-state index in [0.29, 0.717) is 0 Å². The maximum atomic E-state index is 2.54. The van der Waals surface area contributed by atoms with Crippen molar-refractivity contribution in [3.63, 3.8) is 0 Å². The second-order valence-corrected chi connectivity index (χ2v) is 9.29. The molecule has 0 N–H and O–H groups in total. The second-order valence-electron chi connectivity index (χ2n) is 8.41. The van der Waals surface area contributed by atoms with Crippen molar-refractivity contribution >= 4 is 11.9 Å². The van der Waals surface area contributed by atoms with Gasteiger partial charge in [-0.25, -0.2) is 0 Å². The highest BCUT2D eigenvalue weighted by molar-refractivity contribution is 7.96. The van der Waals surface area contributed by atoms with Gasteiger partial charge in [-0.3, -0.25) is 4.31 Å². The number of hydrogen-bond acceptors (Lipinski definition) is 4. The minimum absolute atomic E-state index is 0.912. The molecule has 0 bridgehead atoms. The van der Waals surface area contributed by atoms with E-state index < -0.39 is 0 Å². The summed E-state index contributed by atoms with van der Waals surface area (Å²) < 4.78 is 2.44. The Bertz CT molecular complexity index is 315. The highest BCUT2D eigenvalue weighted by atomic mass is 32.2. The minimum Gasteiger partial charge on any atom is -0.303 e. The lowest BCUT2D eigenvalue weighted by Crippen LogP contribution is -2.26. The predicted octanol–water partition coefficient (Wildman–Crippen LogP) is 11.5. The summed E-state index contributed by atoms with van der Waals surface area (Å²) in [5.41, 5.74) is 0. The van der Waals surface area contributed by atoms with Gasteiger partial charge in [0, 0.05) is 19.1 Å². The quantitative estimate of drug-likeness (QED) is 0.306. The molecule has 3 fully saturated rings. The normalized spacial score (nSPS) is 18.4. The van der Waals surface area contributed by atoms with Crippen molar-refractivity contribution in [3.8, 4) is 0 Å². The Kier molecular flexibility index (Phi) is 67.3. The molecule has 1 unspecified atom stereocenters. The van der Waals surface area contributed by atoms with E-state index in [2.05, 4.69) is 48.2 Å². The lowest BCUT2D eigenvalue weighted by molar-refractivity contribution is 0.295. The summed E-state index contributed by atoms with van der Waals surface area (Å²) in [5.74, 6) is 0.966. The van der Waals surface area contributed by atoms with Crippen molar-refractivity contribution in [1.29, 1.82) is 0 Å². The van der Waals surface area contributed by atoms with E-state index in [1.54, 1.807) is 0 Å². The third kappa shape index (κ3) is 36.2. The van der Waals surface area contributed by atoms with Crippen LogP contribution in [0.25, 0.3) is 0 Å². The third-order valence-electron chi connectivity index (χ3n) is 6.03. The van der Waals surface area contributed by atoms with Gasteiger partial charge in [-0.1, -0.05) is 122 Å². The van der Waals surface area contributed by atoms with Crippen LogP contribution in [0.3, 0.4) is 0 Å². The lowest BCUT2D eigenvalue weighted by Gasteiger charge is -2.27. The SMILES string of the molecule is CC.CC.CC.CC.CC.CC.CCCC1CCCN1C.CCCN1CCCC1.CSN1CCC(C)CC1. The molecule has 3 heterocycles. The molecule has 0 saturated carbocycles. The van der Waals surface area contributed by atoms with Crippen LogP contribution in [0.2, 0.25) is 0 Å². The van der Waals surface area contributed by atoms with E-state index in [4.69, 9.17) is 0 Å². The van der Waals surface area contributed by atoms with Gasteiger partial charge in [-0.2, -0.15) is 0 Å². The van der Waals surface area contributed by atoms with Crippen molar-refractivity contribution in [1.82, 2.24) is 14.1 Å². The predicted molar refractivity (Wildman–Crippen MR) is 188 cm³/mol. The molecule has 0 radical (unpaired) electrons. The molecule has 3 rings (SSSR count). The average molecular weight is 566 g/mol. The Morgan fingerprint density at radius 3 is 1.37 bits per heavy atom. The Labute approximate surface area is 251 Å². The van der Waals surface area contributed by atoms with Crippen LogP contribution < -0.4 is 0 Å². The molecular weight excluding hydrogens is 482 g/mol. The summed E-state index contributed by atoms with van der Waals surface area (Å²) in [6.07, 6.45) is 14.7. The van der Waals surface area contributed by atoms with Crippen LogP contribution in [-0.4, -0.2) is 72.7 Å². The van der Waals surface area contributed by atoms with E-state index in [1.165, 1.54) is 97.1 Å². The number of hydrogen-bond donors (Lipinski definition) is 0. The first kappa shape index (κ1) is 51.0. The van der Waals surface area contributed by atoms with E-state index in [0.717, 1.165) is 12.0 Å². The van der Waals surface area contributed by atoms with Crippen LogP contribution in [-0.2, 0) is 0 Å². The van der Waals surface area contributed by atoms with Gasteiger partial charge in [0.2, 0.25) is 0 Å². The molecule has 0 aliphatic carbocycles. The molecule has 3 aliphatic heterocycles. The van der Waals surface area contributed by atoms with Gasteiger partial charge >= 0.3 is 0 Å². The highest BCUT2D eigenvalue weighted by Gasteiger charge is 2.18. The van der Waals surface area contributed by atoms with Crippen LogP contribution in [0.5, 0.6) is 0 Å². The number of rotatable bonds is 5. The van der Waals surface area contributed by atoms with E-state index in [1.807, 2.05) is 95.0 Å². The van der Waals surface area contributed by atoms with Crippen molar-refractivity contribution in [2.45, 2.75) is 168 Å². The molecule has 0 spiro atoms. The lowest BCUT2D eigenvalue weighted by atomic mass is 10.0. The number of piperidine rings is 1. The van der Waals surface area contributed by atoms with Crippen molar-refractivity contribution < 1.29 is 0 Å². The molecule has 0 aromatic heterocycles. The Morgan fingerprint density at radius 2 is 1.05 bits per heavy atom. The maximum absolute atomic E-state index is 2.54. The molecule has 0 amide bonds. The van der Waals surface area contributed by atoms with Crippen molar-refractivity contribution in [2.24, 2.45) is 5.92 Å². The molecule has 3 aliphatic rings. The molecule has 3 saturated heterocycles. The fourth-order valence-corrected chi connectivity index (χ4v) is 4.74. The molecule has 240 valence electrons. The van der Waals surface area contributed by atoms with E-state index in [-0.39, 0.29) is 0 Å². The highest BCUT2D eigenvalue weighted by Crippen LogP contribution is 2.20. The van der Waals surface area contributed by atoms with E-state index >= 15 is 0 Å². The summed E-state index contributed by atoms with van der Waals surface area (Å²) in [6, 6.07) is 0.912. The Morgan fingerprint density at radius 1 is 0.605 bits per heavy atom. The first-order chi connectivity index (χ1) is 18.6. The average Bonchev–Trinajstić information content (AvgIpc) is 3.68. The molecule has 3 nitrogen and oxygen atoms in total. The standard InChI is InChI=1S/C8H17N.C7H15NS.C7H15N.6C2H6/c1-3-5-8-6-4-7-9(8)2;1-7-3-5-8(9-2)6-4-7;1-2-5-8-6-3-4-7-8;6*1-2/h8H,3-7H2,1-2H3;7H,3-6H2,1-2H3;2-7H2,1H3;6*1-2H3. The van der Waals surface area contributed by atoms with Gasteiger partial charge in [0.25, 0.3) is 0 Å². The van der Waals surface area contributed by atoms with Crippen LogP contribution in [0.1, 0.15) is 162 Å². The number of likely N-dealkylation sites (tertiary alicyclic amines) is 2. The number of nitrogens with zero attached hydrogens (tertiary/aromatic N) is 3. The topological polar surface area (TPSA) is 9.72 Å². The van der Waals surface area contributed by atoms with Gasteiger partial charge in [-0.15, -0.1) is 0 Å². The van der Waals surface area contributed by atoms with Crippen LogP contribution in [0, 0.1) is 5.92 Å². The monoisotopic (exact) mass is 566 g/mol. The zero-order chi connectivity index (χ0) is 31.2. The third-order valence-corrected chi connectivity index (χ3v) is 6.91. The fraction of sp³-hybridized carbons (Fsp3) is 1.00. The summed E-state index contributed by atoms with van der Waals surface area (Å²) >= 11 is 1.88.